The molecule has 0 aliphatic rings. The van der Waals surface area contributed by atoms with Gasteiger partial charge in [-0.1, -0.05) is 42.5 Å². The number of carbonyl (C=O) groups is 1. The average molecular weight is 421 g/mol. The summed E-state index contributed by atoms with van der Waals surface area (Å²) in [5, 5.41) is 10.0. The normalized spacial score (nSPS) is 10.9. The number of aromatic amines is 1. The highest BCUT2D eigenvalue weighted by molar-refractivity contribution is 5.90. The van der Waals surface area contributed by atoms with Crippen LogP contribution in [-0.4, -0.2) is 38.2 Å². The monoisotopic (exact) mass is 421 g/mol. The highest BCUT2D eigenvalue weighted by atomic mass is 16.5. The van der Waals surface area contributed by atoms with Crippen LogP contribution in [0.15, 0.2) is 79.3 Å². The molecule has 32 heavy (non-hydrogen) atoms. The standard InChI is InChI=1S/C25H19N5O2/c1-32-25(31)18-9-7-17(8-10-18)23-24(16-5-3-2-4-6-16)30-29-22(28-23)13-19-14-27-21-15-26-12-11-20(19)21/h2-12,14-15,27H,13H2,1H3. The second-order valence-electron chi connectivity index (χ2n) is 7.27. The molecule has 7 heteroatoms. The van der Waals surface area contributed by atoms with Gasteiger partial charge in [0.1, 0.15) is 11.4 Å². The molecule has 7 nitrogen and oxygen atoms in total. The lowest BCUT2D eigenvalue weighted by Gasteiger charge is -2.10. The van der Waals surface area contributed by atoms with Crippen LogP contribution in [0.4, 0.5) is 0 Å². The number of hydrogen-bond acceptors (Lipinski definition) is 6. The molecule has 0 fully saturated rings. The Bertz CT molecular complexity index is 1400. The van der Waals surface area contributed by atoms with Gasteiger partial charge in [-0.05, 0) is 23.8 Å². The molecule has 5 aromatic rings. The number of nitrogens with zero attached hydrogens (tertiary/aromatic N) is 4. The van der Waals surface area contributed by atoms with Crippen molar-refractivity contribution in [3.8, 4) is 22.5 Å². The number of methoxy groups -OCH3 is 1. The summed E-state index contributed by atoms with van der Waals surface area (Å²) in [6, 6.07) is 18.9. The van der Waals surface area contributed by atoms with Crippen LogP contribution in [0.1, 0.15) is 21.7 Å². The Kier molecular flexibility index (Phi) is 5.13. The second-order valence-corrected chi connectivity index (χ2v) is 7.27. The first-order valence-corrected chi connectivity index (χ1v) is 10.1. The molecular weight excluding hydrogens is 402 g/mol. The molecule has 0 saturated heterocycles. The lowest BCUT2D eigenvalue weighted by atomic mass is 10.0. The van der Waals surface area contributed by atoms with Gasteiger partial charge in [-0.15, -0.1) is 10.2 Å². The number of pyridine rings is 1. The fraction of sp³-hybridized carbons (Fsp3) is 0.0800. The van der Waals surface area contributed by atoms with Gasteiger partial charge in [0, 0.05) is 35.3 Å². The van der Waals surface area contributed by atoms with Crippen LogP contribution in [0.25, 0.3) is 33.4 Å². The minimum atomic E-state index is -0.379. The Morgan fingerprint density at radius 3 is 2.50 bits per heavy atom. The molecule has 1 N–H and O–H groups in total. The van der Waals surface area contributed by atoms with E-state index >= 15 is 0 Å². The average Bonchev–Trinajstić information content (AvgIpc) is 3.27. The van der Waals surface area contributed by atoms with Crippen molar-refractivity contribution in [3.63, 3.8) is 0 Å². The van der Waals surface area contributed by atoms with E-state index in [0.29, 0.717) is 29.2 Å². The van der Waals surface area contributed by atoms with Crippen LogP contribution < -0.4 is 0 Å². The van der Waals surface area contributed by atoms with Crippen LogP contribution in [0, 0.1) is 0 Å². The van der Waals surface area contributed by atoms with E-state index in [2.05, 4.69) is 20.2 Å². The first kappa shape index (κ1) is 19.6. The van der Waals surface area contributed by atoms with E-state index < -0.39 is 0 Å². The van der Waals surface area contributed by atoms with Crippen molar-refractivity contribution in [2.75, 3.05) is 7.11 Å². The van der Waals surface area contributed by atoms with Crippen LogP contribution >= 0.6 is 0 Å². The largest absolute Gasteiger partial charge is 0.465 e. The van der Waals surface area contributed by atoms with Crippen LogP contribution in [-0.2, 0) is 11.2 Å². The molecule has 5 rings (SSSR count). The van der Waals surface area contributed by atoms with Gasteiger partial charge in [-0.2, -0.15) is 0 Å². The van der Waals surface area contributed by atoms with Crippen LogP contribution in [0.5, 0.6) is 0 Å². The fourth-order valence-electron chi connectivity index (χ4n) is 3.66. The minimum Gasteiger partial charge on any atom is -0.465 e. The Labute approximate surface area is 184 Å². The Morgan fingerprint density at radius 2 is 1.72 bits per heavy atom. The van der Waals surface area contributed by atoms with Gasteiger partial charge in [0.25, 0.3) is 0 Å². The first-order chi connectivity index (χ1) is 15.7. The van der Waals surface area contributed by atoms with Gasteiger partial charge in [0.15, 0.2) is 5.82 Å². The van der Waals surface area contributed by atoms with Crippen molar-refractivity contribution in [3.05, 3.63) is 96.2 Å². The summed E-state index contributed by atoms with van der Waals surface area (Å²) < 4.78 is 4.80. The molecule has 3 heterocycles. The maximum Gasteiger partial charge on any atom is 0.337 e. The maximum absolute atomic E-state index is 11.8. The van der Waals surface area contributed by atoms with Crippen molar-refractivity contribution >= 4 is 16.9 Å². The predicted octanol–water partition coefficient (Wildman–Crippen LogP) is 4.46. The van der Waals surface area contributed by atoms with Crippen LogP contribution in [0.3, 0.4) is 0 Å². The van der Waals surface area contributed by atoms with Crippen molar-refractivity contribution in [1.29, 1.82) is 0 Å². The van der Waals surface area contributed by atoms with E-state index in [1.54, 1.807) is 24.5 Å². The molecule has 3 aromatic heterocycles. The molecule has 0 unspecified atom stereocenters. The Balaban J connectivity index is 1.58. The number of rotatable bonds is 5. The van der Waals surface area contributed by atoms with Crippen LogP contribution in [0.2, 0.25) is 0 Å². The minimum absolute atomic E-state index is 0.379. The predicted molar refractivity (Wildman–Crippen MR) is 121 cm³/mol. The number of benzene rings is 2. The van der Waals surface area contributed by atoms with Crippen molar-refractivity contribution in [2.45, 2.75) is 6.42 Å². The summed E-state index contributed by atoms with van der Waals surface area (Å²) in [6.45, 7) is 0. The third-order valence-electron chi connectivity index (χ3n) is 5.27. The third-order valence-corrected chi connectivity index (χ3v) is 5.27. The van der Waals surface area contributed by atoms with Gasteiger partial charge in [-0.3, -0.25) is 4.98 Å². The molecule has 0 atom stereocenters. The number of aromatic nitrogens is 5. The van der Waals surface area contributed by atoms with Crippen molar-refractivity contribution in [2.24, 2.45) is 0 Å². The summed E-state index contributed by atoms with van der Waals surface area (Å²) in [6.07, 6.45) is 6.04. The smallest absolute Gasteiger partial charge is 0.337 e. The molecule has 0 saturated carbocycles. The zero-order chi connectivity index (χ0) is 21.9. The summed E-state index contributed by atoms with van der Waals surface area (Å²) in [7, 11) is 1.37. The maximum atomic E-state index is 11.8. The summed E-state index contributed by atoms with van der Waals surface area (Å²) in [5.74, 6) is 0.226. The number of nitrogens with one attached hydrogen (secondary N) is 1. The number of ether oxygens (including phenoxy) is 1. The second kappa shape index (κ2) is 8.39. The topological polar surface area (TPSA) is 93.7 Å². The highest BCUT2D eigenvalue weighted by Crippen LogP contribution is 2.29. The first-order valence-electron chi connectivity index (χ1n) is 10.1. The quantitative estimate of drug-likeness (QED) is 0.421. The molecule has 0 aliphatic carbocycles. The number of esters is 1. The zero-order valence-corrected chi connectivity index (χ0v) is 17.3. The molecule has 0 amide bonds. The third kappa shape index (κ3) is 3.72. The number of carbonyl (C=O) groups excluding carboxylic acids is 1. The highest BCUT2D eigenvalue weighted by Gasteiger charge is 2.16. The molecule has 2 aromatic carbocycles. The van der Waals surface area contributed by atoms with Gasteiger partial charge in [0.05, 0.1) is 24.4 Å². The van der Waals surface area contributed by atoms with E-state index in [1.165, 1.54) is 7.11 Å². The van der Waals surface area contributed by atoms with Crippen molar-refractivity contribution in [1.82, 2.24) is 25.1 Å². The summed E-state index contributed by atoms with van der Waals surface area (Å²) >= 11 is 0. The molecule has 156 valence electrons. The van der Waals surface area contributed by atoms with Crippen molar-refractivity contribution < 1.29 is 9.53 Å². The van der Waals surface area contributed by atoms with E-state index in [9.17, 15) is 4.79 Å². The molecule has 0 radical (unpaired) electrons. The summed E-state index contributed by atoms with van der Waals surface area (Å²) in [4.78, 5) is 24.1. The van der Waals surface area contributed by atoms with Gasteiger partial charge < -0.3 is 9.72 Å². The Morgan fingerprint density at radius 1 is 0.938 bits per heavy atom. The van der Waals surface area contributed by atoms with Gasteiger partial charge >= 0.3 is 5.97 Å². The molecule has 0 bridgehead atoms. The van der Waals surface area contributed by atoms with Gasteiger partial charge in [-0.25, -0.2) is 9.78 Å². The lowest BCUT2D eigenvalue weighted by Crippen LogP contribution is -2.04. The fourth-order valence-corrected chi connectivity index (χ4v) is 3.66. The summed E-state index contributed by atoms with van der Waals surface area (Å²) in [5.41, 5.74) is 5.67. The molecule has 0 aliphatic heterocycles. The van der Waals surface area contributed by atoms with E-state index in [0.717, 1.165) is 27.6 Å². The molecule has 0 spiro atoms. The molecular formula is C25H19N5O2. The number of hydrogen-bond donors (Lipinski definition) is 1. The van der Waals surface area contributed by atoms with E-state index in [-0.39, 0.29) is 5.97 Å². The zero-order valence-electron chi connectivity index (χ0n) is 17.3. The lowest BCUT2D eigenvalue weighted by molar-refractivity contribution is 0.0601. The Hall–Kier alpha value is -4.39. The van der Waals surface area contributed by atoms with E-state index in [1.807, 2.05) is 54.7 Å². The number of H-pyrrole nitrogens is 1. The SMILES string of the molecule is COC(=O)c1ccc(-c2nc(Cc3c[nH]c4cnccc34)nnc2-c2ccccc2)cc1. The van der Waals surface area contributed by atoms with Gasteiger partial charge in [0.2, 0.25) is 0 Å². The number of fused-ring (bicyclic) bond motifs is 1. The van der Waals surface area contributed by atoms with E-state index in [4.69, 9.17) is 9.72 Å².